The summed E-state index contributed by atoms with van der Waals surface area (Å²) in [5, 5.41) is 4.72. The van der Waals surface area contributed by atoms with Crippen LogP contribution >= 0.6 is 15.9 Å². The maximum Gasteiger partial charge on any atom is 0.0702 e. The van der Waals surface area contributed by atoms with Gasteiger partial charge in [-0.25, -0.2) is 0 Å². The van der Waals surface area contributed by atoms with Crippen molar-refractivity contribution < 1.29 is 0 Å². The van der Waals surface area contributed by atoms with E-state index in [4.69, 9.17) is 0 Å². The first kappa shape index (κ1) is 15.2. The molecule has 1 aromatic heterocycles. The Balaban J connectivity index is 1.46. The first-order valence-electron chi connectivity index (χ1n) is 7.60. The second-order valence-electron chi connectivity index (χ2n) is 5.44. The van der Waals surface area contributed by atoms with Gasteiger partial charge >= 0.3 is 0 Å². The van der Waals surface area contributed by atoms with Crippen LogP contribution in [0.3, 0.4) is 0 Å². The SMILES string of the molecule is Brc1cccc(CCCNCc2ccc3ncccc3c2)c1. The molecule has 0 saturated heterocycles. The molecule has 3 heteroatoms. The molecule has 0 spiro atoms. The predicted octanol–water partition coefficient (Wildman–Crippen LogP) is 4.72. The summed E-state index contributed by atoms with van der Waals surface area (Å²) in [6.45, 7) is 1.93. The maximum absolute atomic E-state index is 4.35. The van der Waals surface area contributed by atoms with Gasteiger partial charge in [0.2, 0.25) is 0 Å². The van der Waals surface area contributed by atoms with Crippen molar-refractivity contribution in [1.29, 1.82) is 0 Å². The zero-order valence-corrected chi connectivity index (χ0v) is 14.0. The normalized spacial score (nSPS) is 11.0. The number of nitrogens with one attached hydrogen (secondary N) is 1. The third-order valence-corrected chi connectivity index (χ3v) is 4.20. The first-order valence-corrected chi connectivity index (χ1v) is 8.39. The van der Waals surface area contributed by atoms with Crippen molar-refractivity contribution in [3.8, 4) is 0 Å². The Kier molecular flexibility index (Phi) is 5.20. The Morgan fingerprint density at radius 1 is 0.955 bits per heavy atom. The number of pyridine rings is 1. The molecule has 0 unspecified atom stereocenters. The number of aromatic nitrogens is 1. The molecule has 22 heavy (non-hydrogen) atoms. The summed E-state index contributed by atoms with van der Waals surface area (Å²) >= 11 is 3.51. The van der Waals surface area contributed by atoms with Crippen molar-refractivity contribution in [2.75, 3.05) is 6.54 Å². The molecule has 0 aliphatic rings. The van der Waals surface area contributed by atoms with Crippen LogP contribution in [0.4, 0.5) is 0 Å². The van der Waals surface area contributed by atoms with Crippen molar-refractivity contribution in [3.05, 3.63) is 76.4 Å². The highest BCUT2D eigenvalue weighted by Gasteiger charge is 1.98. The molecule has 0 bridgehead atoms. The summed E-state index contributed by atoms with van der Waals surface area (Å²) in [4.78, 5) is 4.35. The van der Waals surface area contributed by atoms with E-state index in [1.54, 1.807) is 0 Å². The van der Waals surface area contributed by atoms with E-state index in [1.807, 2.05) is 12.3 Å². The van der Waals surface area contributed by atoms with Gasteiger partial charge in [-0.05, 0) is 60.8 Å². The largest absolute Gasteiger partial charge is 0.313 e. The highest BCUT2D eigenvalue weighted by Crippen LogP contribution is 2.14. The number of fused-ring (bicyclic) bond motifs is 1. The highest BCUT2D eigenvalue weighted by molar-refractivity contribution is 9.10. The number of hydrogen-bond acceptors (Lipinski definition) is 2. The fourth-order valence-corrected chi connectivity index (χ4v) is 3.02. The molecule has 0 saturated carbocycles. The van der Waals surface area contributed by atoms with Crippen molar-refractivity contribution in [1.82, 2.24) is 10.3 Å². The molecule has 0 radical (unpaired) electrons. The minimum atomic E-state index is 0.906. The summed E-state index contributed by atoms with van der Waals surface area (Å²) in [5.74, 6) is 0. The topological polar surface area (TPSA) is 24.9 Å². The second-order valence-corrected chi connectivity index (χ2v) is 6.36. The molecular weight excluding hydrogens is 336 g/mol. The Hall–Kier alpha value is -1.71. The van der Waals surface area contributed by atoms with E-state index in [-0.39, 0.29) is 0 Å². The molecule has 3 rings (SSSR count). The maximum atomic E-state index is 4.35. The van der Waals surface area contributed by atoms with E-state index in [2.05, 4.69) is 74.8 Å². The van der Waals surface area contributed by atoms with Gasteiger partial charge in [-0.15, -0.1) is 0 Å². The predicted molar refractivity (Wildman–Crippen MR) is 95.9 cm³/mol. The van der Waals surface area contributed by atoms with Gasteiger partial charge in [-0.3, -0.25) is 4.98 Å². The van der Waals surface area contributed by atoms with Gasteiger partial charge in [0.25, 0.3) is 0 Å². The highest BCUT2D eigenvalue weighted by atomic mass is 79.9. The van der Waals surface area contributed by atoms with Crippen LogP contribution in [-0.4, -0.2) is 11.5 Å². The molecule has 0 aliphatic heterocycles. The van der Waals surface area contributed by atoms with E-state index in [1.165, 1.54) is 16.5 Å². The minimum absolute atomic E-state index is 0.906. The number of rotatable bonds is 6. The minimum Gasteiger partial charge on any atom is -0.313 e. The van der Waals surface area contributed by atoms with Crippen LogP contribution in [0.15, 0.2) is 65.3 Å². The van der Waals surface area contributed by atoms with E-state index in [0.29, 0.717) is 0 Å². The van der Waals surface area contributed by atoms with Gasteiger partial charge in [0, 0.05) is 22.6 Å². The van der Waals surface area contributed by atoms with Gasteiger partial charge in [-0.1, -0.05) is 40.2 Å². The fourth-order valence-electron chi connectivity index (χ4n) is 2.58. The number of halogens is 1. The van der Waals surface area contributed by atoms with Crippen LogP contribution in [0, 0.1) is 0 Å². The molecule has 0 fully saturated rings. The van der Waals surface area contributed by atoms with Gasteiger partial charge < -0.3 is 5.32 Å². The average Bonchev–Trinajstić information content (AvgIpc) is 2.54. The van der Waals surface area contributed by atoms with Crippen molar-refractivity contribution in [2.24, 2.45) is 0 Å². The van der Waals surface area contributed by atoms with Crippen molar-refractivity contribution >= 4 is 26.8 Å². The Bertz CT molecular complexity index is 755. The zero-order chi connectivity index (χ0) is 15.2. The summed E-state index contributed by atoms with van der Waals surface area (Å²) < 4.78 is 1.16. The lowest BCUT2D eigenvalue weighted by atomic mass is 10.1. The standard InChI is InChI=1S/C19H19BrN2/c20-18-7-1-4-15(13-18)5-2-10-21-14-16-8-9-19-17(12-16)6-3-11-22-19/h1,3-4,6-9,11-13,21H,2,5,10,14H2. The van der Waals surface area contributed by atoms with E-state index < -0.39 is 0 Å². The third kappa shape index (κ3) is 4.15. The van der Waals surface area contributed by atoms with Crippen LogP contribution in [0.2, 0.25) is 0 Å². The molecule has 0 aliphatic carbocycles. The fraction of sp³-hybridized carbons (Fsp3) is 0.211. The third-order valence-electron chi connectivity index (χ3n) is 3.70. The molecule has 2 nitrogen and oxygen atoms in total. The lowest BCUT2D eigenvalue weighted by Gasteiger charge is -2.06. The summed E-state index contributed by atoms with van der Waals surface area (Å²) in [5.41, 5.74) is 3.75. The molecule has 2 aromatic carbocycles. The number of nitrogens with zero attached hydrogens (tertiary/aromatic N) is 1. The van der Waals surface area contributed by atoms with Crippen LogP contribution in [0.5, 0.6) is 0 Å². The van der Waals surface area contributed by atoms with Gasteiger partial charge in [-0.2, -0.15) is 0 Å². The molecule has 0 atom stereocenters. The summed E-state index contributed by atoms with van der Waals surface area (Å²) in [6.07, 6.45) is 4.09. The molecule has 0 amide bonds. The lowest BCUT2D eigenvalue weighted by Crippen LogP contribution is -2.15. The Morgan fingerprint density at radius 3 is 2.82 bits per heavy atom. The van der Waals surface area contributed by atoms with Crippen molar-refractivity contribution in [2.45, 2.75) is 19.4 Å². The Morgan fingerprint density at radius 2 is 1.91 bits per heavy atom. The van der Waals surface area contributed by atoms with E-state index >= 15 is 0 Å². The smallest absolute Gasteiger partial charge is 0.0702 e. The molecular formula is C19H19BrN2. The monoisotopic (exact) mass is 354 g/mol. The summed E-state index contributed by atoms with van der Waals surface area (Å²) in [7, 11) is 0. The molecule has 1 heterocycles. The average molecular weight is 355 g/mol. The van der Waals surface area contributed by atoms with Crippen LogP contribution in [0.25, 0.3) is 10.9 Å². The second kappa shape index (κ2) is 7.52. The van der Waals surface area contributed by atoms with Crippen LogP contribution in [0.1, 0.15) is 17.5 Å². The van der Waals surface area contributed by atoms with Crippen molar-refractivity contribution in [3.63, 3.8) is 0 Å². The van der Waals surface area contributed by atoms with Gasteiger partial charge in [0.15, 0.2) is 0 Å². The first-order chi connectivity index (χ1) is 10.8. The number of aryl methyl sites for hydroxylation is 1. The molecule has 3 aromatic rings. The van der Waals surface area contributed by atoms with E-state index in [0.717, 1.165) is 35.9 Å². The lowest BCUT2D eigenvalue weighted by molar-refractivity contribution is 0.650. The molecule has 1 N–H and O–H groups in total. The van der Waals surface area contributed by atoms with Crippen LogP contribution in [-0.2, 0) is 13.0 Å². The number of hydrogen-bond donors (Lipinski definition) is 1. The Labute approximate surface area is 139 Å². The zero-order valence-electron chi connectivity index (χ0n) is 12.4. The number of benzene rings is 2. The quantitative estimate of drug-likeness (QED) is 0.647. The van der Waals surface area contributed by atoms with Gasteiger partial charge in [0.05, 0.1) is 5.52 Å². The van der Waals surface area contributed by atoms with Gasteiger partial charge in [0.1, 0.15) is 0 Å². The summed E-state index contributed by atoms with van der Waals surface area (Å²) in [6, 6.07) is 19.1. The molecule has 112 valence electrons. The van der Waals surface area contributed by atoms with Crippen LogP contribution < -0.4 is 5.32 Å². The van der Waals surface area contributed by atoms with E-state index in [9.17, 15) is 0 Å².